The average molecular weight is 238 g/mol. The first-order valence-electron chi connectivity index (χ1n) is 5.80. The summed E-state index contributed by atoms with van der Waals surface area (Å²) < 4.78 is 1.94. The number of aromatic nitrogens is 2. The zero-order valence-electron chi connectivity index (χ0n) is 9.88. The zero-order valence-corrected chi connectivity index (χ0v) is 9.88. The fourth-order valence-electron chi connectivity index (χ4n) is 2.16. The molecule has 0 unspecified atom stereocenters. The third-order valence-electron chi connectivity index (χ3n) is 3.01. The van der Waals surface area contributed by atoms with Crippen molar-refractivity contribution in [3.05, 3.63) is 54.1 Å². The van der Waals surface area contributed by atoms with E-state index in [1.54, 1.807) is 0 Å². The van der Waals surface area contributed by atoms with E-state index in [2.05, 4.69) is 17.1 Å². The van der Waals surface area contributed by atoms with Crippen molar-refractivity contribution >= 4 is 22.7 Å². The van der Waals surface area contributed by atoms with E-state index in [1.807, 2.05) is 41.0 Å². The Morgan fingerprint density at radius 2 is 1.72 bits per heavy atom. The minimum Gasteiger partial charge on any atom is -0.397 e. The Kier molecular flexibility index (Phi) is 2.41. The van der Waals surface area contributed by atoms with Gasteiger partial charge in [0.2, 0.25) is 5.95 Å². The van der Waals surface area contributed by atoms with Crippen molar-refractivity contribution in [3.63, 3.8) is 0 Å². The highest BCUT2D eigenvalue weighted by molar-refractivity contribution is 5.89. The van der Waals surface area contributed by atoms with Gasteiger partial charge in [-0.2, -0.15) is 0 Å². The Hall–Kier alpha value is -2.49. The minimum absolute atomic E-state index is 0.492. The van der Waals surface area contributed by atoms with E-state index in [1.165, 1.54) is 5.56 Å². The second-order valence-corrected chi connectivity index (χ2v) is 4.26. The van der Waals surface area contributed by atoms with Crippen molar-refractivity contribution in [1.82, 2.24) is 9.55 Å². The molecule has 4 heteroatoms. The molecule has 0 aliphatic rings. The predicted octanol–water partition coefficient (Wildman–Crippen LogP) is 2.25. The van der Waals surface area contributed by atoms with Crippen LogP contribution in [0.3, 0.4) is 0 Å². The van der Waals surface area contributed by atoms with E-state index in [0.717, 1.165) is 11.0 Å². The molecular formula is C14H14N4. The summed E-state index contributed by atoms with van der Waals surface area (Å²) in [6.45, 7) is 0.678. The number of nitrogens with zero attached hydrogens (tertiary/aromatic N) is 2. The number of imidazole rings is 1. The summed E-state index contributed by atoms with van der Waals surface area (Å²) in [5.41, 5.74) is 15.6. The predicted molar refractivity (Wildman–Crippen MR) is 74.1 cm³/mol. The lowest BCUT2D eigenvalue weighted by molar-refractivity contribution is 0.839. The van der Waals surface area contributed by atoms with Crippen molar-refractivity contribution in [2.45, 2.75) is 6.54 Å². The van der Waals surface area contributed by atoms with Gasteiger partial charge in [0.05, 0.1) is 23.3 Å². The van der Waals surface area contributed by atoms with Gasteiger partial charge in [-0.1, -0.05) is 36.4 Å². The maximum atomic E-state index is 6.01. The second kappa shape index (κ2) is 4.07. The van der Waals surface area contributed by atoms with E-state index in [0.29, 0.717) is 18.2 Å². The number of rotatable bonds is 2. The molecular weight excluding hydrogens is 224 g/mol. The molecule has 90 valence electrons. The fourth-order valence-corrected chi connectivity index (χ4v) is 2.16. The topological polar surface area (TPSA) is 69.9 Å². The van der Waals surface area contributed by atoms with Gasteiger partial charge in [0.25, 0.3) is 0 Å². The van der Waals surface area contributed by atoms with Crippen LogP contribution in [0, 0.1) is 0 Å². The molecule has 3 rings (SSSR count). The van der Waals surface area contributed by atoms with E-state index in [4.69, 9.17) is 11.5 Å². The molecule has 0 aliphatic carbocycles. The van der Waals surface area contributed by atoms with Crippen LogP contribution < -0.4 is 11.5 Å². The van der Waals surface area contributed by atoms with Gasteiger partial charge in [0.1, 0.15) is 0 Å². The maximum absolute atomic E-state index is 6.01. The van der Waals surface area contributed by atoms with E-state index in [-0.39, 0.29) is 0 Å². The number of benzene rings is 2. The molecule has 0 saturated heterocycles. The molecule has 0 atom stereocenters. The smallest absolute Gasteiger partial charge is 0.201 e. The summed E-state index contributed by atoms with van der Waals surface area (Å²) >= 11 is 0. The number of nitrogen functional groups attached to an aromatic ring is 2. The highest BCUT2D eigenvalue weighted by Crippen LogP contribution is 2.24. The van der Waals surface area contributed by atoms with Crippen molar-refractivity contribution < 1.29 is 0 Å². The summed E-state index contributed by atoms with van der Waals surface area (Å²) in [5.74, 6) is 0.492. The number of para-hydroxylation sites is 1. The van der Waals surface area contributed by atoms with Crippen LogP contribution in [0.15, 0.2) is 48.5 Å². The molecule has 0 amide bonds. The van der Waals surface area contributed by atoms with Gasteiger partial charge in [-0.3, -0.25) is 0 Å². The SMILES string of the molecule is Nc1cccc2nc(N)n(Cc3ccccc3)c12. The van der Waals surface area contributed by atoms with Crippen molar-refractivity contribution in [3.8, 4) is 0 Å². The lowest BCUT2D eigenvalue weighted by Crippen LogP contribution is -2.05. The first kappa shape index (κ1) is 10.7. The van der Waals surface area contributed by atoms with Crippen LogP contribution in [0.2, 0.25) is 0 Å². The Labute approximate surface area is 105 Å². The van der Waals surface area contributed by atoms with Crippen LogP contribution in [-0.4, -0.2) is 9.55 Å². The normalized spacial score (nSPS) is 10.9. The summed E-state index contributed by atoms with van der Waals surface area (Å²) in [5, 5.41) is 0. The van der Waals surface area contributed by atoms with Gasteiger partial charge >= 0.3 is 0 Å². The number of hydrogen-bond acceptors (Lipinski definition) is 3. The third kappa shape index (κ3) is 1.68. The molecule has 3 aromatic rings. The number of fused-ring (bicyclic) bond motifs is 1. The fraction of sp³-hybridized carbons (Fsp3) is 0.0714. The van der Waals surface area contributed by atoms with Gasteiger partial charge in [0.15, 0.2) is 0 Å². The molecule has 1 heterocycles. The molecule has 0 saturated carbocycles. The van der Waals surface area contributed by atoms with Crippen LogP contribution in [0.1, 0.15) is 5.56 Å². The summed E-state index contributed by atoms with van der Waals surface area (Å²) in [6, 6.07) is 15.8. The molecule has 0 fully saturated rings. The monoisotopic (exact) mass is 238 g/mol. The van der Waals surface area contributed by atoms with Gasteiger partial charge in [-0.15, -0.1) is 0 Å². The molecule has 2 aromatic carbocycles. The number of hydrogen-bond donors (Lipinski definition) is 2. The maximum Gasteiger partial charge on any atom is 0.201 e. The minimum atomic E-state index is 0.492. The van der Waals surface area contributed by atoms with Gasteiger partial charge in [-0.05, 0) is 17.7 Å². The van der Waals surface area contributed by atoms with Crippen molar-refractivity contribution in [1.29, 1.82) is 0 Å². The van der Waals surface area contributed by atoms with Crippen LogP contribution in [0.4, 0.5) is 11.6 Å². The quantitative estimate of drug-likeness (QED) is 0.673. The van der Waals surface area contributed by atoms with Crippen molar-refractivity contribution in [2.24, 2.45) is 0 Å². The van der Waals surface area contributed by atoms with Crippen molar-refractivity contribution in [2.75, 3.05) is 11.5 Å². The Balaban J connectivity index is 2.14. The number of nitrogens with two attached hydrogens (primary N) is 2. The molecule has 1 aromatic heterocycles. The van der Waals surface area contributed by atoms with Crippen LogP contribution >= 0.6 is 0 Å². The first-order valence-corrected chi connectivity index (χ1v) is 5.80. The molecule has 0 bridgehead atoms. The molecule has 4 nitrogen and oxygen atoms in total. The summed E-state index contributed by atoms with van der Waals surface area (Å²) in [4.78, 5) is 4.33. The Morgan fingerprint density at radius 3 is 2.50 bits per heavy atom. The van der Waals surface area contributed by atoms with Crippen LogP contribution in [-0.2, 0) is 6.54 Å². The van der Waals surface area contributed by atoms with E-state index >= 15 is 0 Å². The summed E-state index contributed by atoms with van der Waals surface area (Å²) in [7, 11) is 0. The molecule has 18 heavy (non-hydrogen) atoms. The lowest BCUT2D eigenvalue weighted by Gasteiger charge is -2.07. The molecule has 4 N–H and O–H groups in total. The molecule has 0 spiro atoms. The largest absolute Gasteiger partial charge is 0.397 e. The summed E-state index contributed by atoms with van der Waals surface area (Å²) in [6.07, 6.45) is 0. The van der Waals surface area contributed by atoms with E-state index in [9.17, 15) is 0 Å². The lowest BCUT2D eigenvalue weighted by atomic mass is 10.2. The third-order valence-corrected chi connectivity index (χ3v) is 3.01. The van der Waals surface area contributed by atoms with Gasteiger partial charge in [0, 0.05) is 0 Å². The highest BCUT2D eigenvalue weighted by atomic mass is 15.2. The zero-order chi connectivity index (χ0) is 12.5. The highest BCUT2D eigenvalue weighted by Gasteiger charge is 2.10. The van der Waals surface area contributed by atoms with Crippen LogP contribution in [0.5, 0.6) is 0 Å². The molecule has 0 radical (unpaired) electrons. The van der Waals surface area contributed by atoms with Crippen LogP contribution in [0.25, 0.3) is 11.0 Å². The first-order chi connectivity index (χ1) is 8.75. The second-order valence-electron chi connectivity index (χ2n) is 4.26. The average Bonchev–Trinajstić information content (AvgIpc) is 2.69. The van der Waals surface area contributed by atoms with Gasteiger partial charge < -0.3 is 16.0 Å². The Bertz CT molecular complexity index is 686. The Morgan fingerprint density at radius 1 is 0.944 bits per heavy atom. The number of anilines is 2. The molecule has 0 aliphatic heterocycles. The van der Waals surface area contributed by atoms with Gasteiger partial charge in [-0.25, -0.2) is 4.98 Å². The van der Waals surface area contributed by atoms with E-state index < -0.39 is 0 Å². The standard InChI is InChI=1S/C14H14N4/c15-11-7-4-8-12-13(11)18(14(16)17-12)9-10-5-2-1-3-6-10/h1-8H,9,15H2,(H2,16,17).